The van der Waals surface area contributed by atoms with Gasteiger partial charge in [0.05, 0.1) is 16.7 Å². The second kappa shape index (κ2) is 9.71. The first-order valence-electron chi connectivity index (χ1n) is 10.6. The number of halogens is 2. The largest absolute Gasteiger partial charge is 0.379 e. The minimum Gasteiger partial charge on any atom is -0.379 e. The molecule has 0 aliphatic carbocycles. The van der Waals surface area contributed by atoms with Crippen molar-refractivity contribution in [3.8, 4) is 0 Å². The van der Waals surface area contributed by atoms with Crippen LogP contribution in [-0.4, -0.2) is 54.0 Å². The first-order valence-corrected chi connectivity index (χ1v) is 11.4. The van der Waals surface area contributed by atoms with Gasteiger partial charge in [-0.2, -0.15) is 0 Å². The van der Waals surface area contributed by atoms with Gasteiger partial charge in [-0.3, -0.25) is 14.5 Å². The number of likely N-dealkylation sites (tertiary alicyclic amines) is 1. The van der Waals surface area contributed by atoms with Crippen LogP contribution in [0.25, 0.3) is 5.57 Å². The predicted octanol–water partition coefficient (Wildman–Crippen LogP) is 4.87. The molecule has 2 aliphatic heterocycles. The summed E-state index contributed by atoms with van der Waals surface area (Å²) in [6.45, 7) is 10.6. The zero-order chi connectivity index (χ0) is 22.0. The van der Waals surface area contributed by atoms with E-state index in [1.807, 2.05) is 13.8 Å². The normalized spacial score (nSPS) is 22.6. The molecule has 2 heterocycles. The van der Waals surface area contributed by atoms with Gasteiger partial charge in [-0.25, -0.2) is 0 Å². The van der Waals surface area contributed by atoms with E-state index < -0.39 is 0 Å². The molecule has 3 rings (SSSR count). The lowest BCUT2D eigenvalue weighted by molar-refractivity contribution is -0.138. The molecule has 7 heteroatoms. The van der Waals surface area contributed by atoms with Crippen molar-refractivity contribution in [2.75, 3.05) is 26.2 Å². The number of hydrogen-bond acceptors (Lipinski definition) is 4. The zero-order valence-corrected chi connectivity index (χ0v) is 19.6. The number of nitrogens with zero attached hydrogens (tertiary/aromatic N) is 2. The molecule has 0 bridgehead atoms. The minimum absolute atomic E-state index is 0.114. The number of carbonyl (C=O) groups excluding carboxylic acids is 2. The Morgan fingerprint density at radius 1 is 1.10 bits per heavy atom. The third kappa shape index (κ3) is 5.01. The van der Waals surface area contributed by atoms with Crippen molar-refractivity contribution >= 4 is 40.6 Å². The van der Waals surface area contributed by atoms with Crippen LogP contribution in [0.15, 0.2) is 23.9 Å². The molecule has 2 amide bonds. The van der Waals surface area contributed by atoms with Gasteiger partial charge in [0.1, 0.15) is 5.70 Å². The molecule has 30 heavy (non-hydrogen) atoms. The van der Waals surface area contributed by atoms with Gasteiger partial charge in [-0.1, -0.05) is 43.1 Å². The van der Waals surface area contributed by atoms with Crippen molar-refractivity contribution in [2.24, 2.45) is 11.8 Å². The maximum Gasteiger partial charge on any atom is 0.277 e. The highest BCUT2D eigenvalue weighted by atomic mass is 35.5. The van der Waals surface area contributed by atoms with Crippen molar-refractivity contribution in [1.82, 2.24) is 9.80 Å². The lowest BCUT2D eigenvalue weighted by Crippen LogP contribution is -2.42. The minimum atomic E-state index is -0.297. The van der Waals surface area contributed by atoms with E-state index in [-0.39, 0.29) is 17.9 Å². The summed E-state index contributed by atoms with van der Waals surface area (Å²) in [6, 6.07) is 5.04. The van der Waals surface area contributed by atoms with Gasteiger partial charge in [0, 0.05) is 36.8 Å². The molecule has 1 fully saturated rings. The Balaban J connectivity index is 1.96. The third-order valence-corrected chi connectivity index (χ3v) is 6.05. The number of hydrogen-bond donors (Lipinski definition) is 0. The molecule has 2 atom stereocenters. The molecular formula is C23H30Cl2N2O3. The maximum absolute atomic E-state index is 13.4. The fourth-order valence-electron chi connectivity index (χ4n) is 4.38. The van der Waals surface area contributed by atoms with E-state index in [1.54, 1.807) is 18.2 Å². The summed E-state index contributed by atoms with van der Waals surface area (Å²) >= 11 is 12.5. The molecule has 0 radical (unpaired) electrons. The Morgan fingerprint density at radius 2 is 1.77 bits per heavy atom. The van der Waals surface area contributed by atoms with E-state index in [1.165, 1.54) is 4.90 Å². The molecule has 5 nitrogen and oxygen atoms in total. The lowest BCUT2D eigenvalue weighted by Gasteiger charge is -2.37. The van der Waals surface area contributed by atoms with Gasteiger partial charge >= 0.3 is 0 Å². The molecule has 2 aliphatic rings. The Kier molecular flexibility index (Phi) is 7.48. The van der Waals surface area contributed by atoms with Crippen molar-refractivity contribution < 1.29 is 14.3 Å². The van der Waals surface area contributed by atoms with Crippen molar-refractivity contribution in [2.45, 2.75) is 46.6 Å². The first kappa shape index (κ1) is 23.1. The van der Waals surface area contributed by atoms with Crippen molar-refractivity contribution in [1.29, 1.82) is 0 Å². The van der Waals surface area contributed by atoms with Gasteiger partial charge < -0.3 is 9.64 Å². The van der Waals surface area contributed by atoms with Crippen LogP contribution < -0.4 is 0 Å². The lowest BCUT2D eigenvalue weighted by atomic mass is 9.91. The second-order valence-electron chi connectivity index (χ2n) is 8.73. The standard InChI is InChI=1S/C23H30Cl2N2O3/c1-14(2)30-9-5-8-27-22(28)20(18-7-6-17(24)11-19(18)25)21(23(27)29)26-12-15(3)10-16(4)13-26/h6-7,11,14-16H,5,8-10,12-13H2,1-4H3. The smallest absolute Gasteiger partial charge is 0.277 e. The second-order valence-corrected chi connectivity index (χ2v) is 9.58. The molecule has 0 spiro atoms. The molecule has 0 saturated carbocycles. The number of rotatable bonds is 7. The summed E-state index contributed by atoms with van der Waals surface area (Å²) in [5, 5.41) is 0.866. The summed E-state index contributed by atoms with van der Waals surface area (Å²) < 4.78 is 5.58. The highest BCUT2D eigenvalue weighted by Crippen LogP contribution is 2.38. The average Bonchev–Trinajstić information content (AvgIpc) is 2.88. The van der Waals surface area contributed by atoms with Crippen LogP contribution in [0.2, 0.25) is 10.0 Å². The summed E-state index contributed by atoms with van der Waals surface area (Å²) in [4.78, 5) is 30.2. The summed E-state index contributed by atoms with van der Waals surface area (Å²) in [5.41, 5.74) is 1.40. The fourth-order valence-corrected chi connectivity index (χ4v) is 4.88. The van der Waals surface area contributed by atoms with E-state index in [0.717, 1.165) is 19.5 Å². The topological polar surface area (TPSA) is 49.9 Å². The van der Waals surface area contributed by atoms with E-state index in [2.05, 4.69) is 18.7 Å². The Labute approximate surface area is 188 Å². The van der Waals surface area contributed by atoms with Crippen LogP contribution in [0.4, 0.5) is 0 Å². The number of benzene rings is 1. The molecule has 2 unspecified atom stereocenters. The van der Waals surface area contributed by atoms with Gasteiger partial charge in [0.25, 0.3) is 11.8 Å². The van der Waals surface area contributed by atoms with Gasteiger partial charge in [0.2, 0.25) is 0 Å². The van der Waals surface area contributed by atoms with Gasteiger partial charge in [0.15, 0.2) is 0 Å². The monoisotopic (exact) mass is 452 g/mol. The number of amides is 2. The van der Waals surface area contributed by atoms with Crippen LogP contribution in [-0.2, 0) is 14.3 Å². The summed E-state index contributed by atoms with van der Waals surface area (Å²) in [6.07, 6.45) is 1.82. The molecule has 1 aromatic rings. The highest BCUT2D eigenvalue weighted by Gasteiger charge is 2.43. The molecule has 0 N–H and O–H groups in total. The van der Waals surface area contributed by atoms with Crippen LogP contribution in [0.1, 0.15) is 46.1 Å². The quantitative estimate of drug-likeness (QED) is 0.437. The summed E-state index contributed by atoms with van der Waals surface area (Å²) in [5.74, 6) is 0.348. The SMILES string of the molecule is CC1CC(C)CN(C2=C(c3ccc(Cl)cc3Cl)C(=O)N(CCCOC(C)C)C2=O)C1. The van der Waals surface area contributed by atoms with E-state index >= 15 is 0 Å². The number of carbonyl (C=O) groups is 2. The molecule has 164 valence electrons. The van der Waals surface area contributed by atoms with E-state index in [0.29, 0.717) is 58.3 Å². The van der Waals surface area contributed by atoms with Crippen LogP contribution in [0, 0.1) is 11.8 Å². The zero-order valence-electron chi connectivity index (χ0n) is 18.1. The van der Waals surface area contributed by atoms with E-state index in [4.69, 9.17) is 27.9 Å². The van der Waals surface area contributed by atoms with E-state index in [9.17, 15) is 9.59 Å². The highest BCUT2D eigenvalue weighted by molar-refractivity contribution is 6.41. The van der Waals surface area contributed by atoms with Crippen LogP contribution >= 0.6 is 23.2 Å². The van der Waals surface area contributed by atoms with Crippen molar-refractivity contribution in [3.63, 3.8) is 0 Å². The van der Waals surface area contributed by atoms with Crippen LogP contribution in [0.3, 0.4) is 0 Å². The Bertz CT molecular complexity index is 843. The van der Waals surface area contributed by atoms with Gasteiger partial charge in [-0.05, 0) is 50.7 Å². The Hall–Kier alpha value is -1.56. The maximum atomic E-state index is 13.4. The fraction of sp³-hybridized carbons (Fsp3) is 0.565. The third-order valence-electron chi connectivity index (χ3n) is 5.51. The van der Waals surface area contributed by atoms with Gasteiger partial charge in [-0.15, -0.1) is 0 Å². The number of ether oxygens (including phenoxy) is 1. The summed E-state index contributed by atoms with van der Waals surface area (Å²) in [7, 11) is 0. The molecule has 0 aromatic heterocycles. The van der Waals surface area contributed by atoms with Crippen molar-refractivity contribution in [3.05, 3.63) is 39.5 Å². The Morgan fingerprint density at radius 3 is 2.37 bits per heavy atom. The number of imide groups is 1. The van der Waals surface area contributed by atoms with Crippen LogP contribution in [0.5, 0.6) is 0 Å². The molecular weight excluding hydrogens is 423 g/mol. The predicted molar refractivity (Wildman–Crippen MR) is 120 cm³/mol. The molecule has 1 saturated heterocycles. The first-order chi connectivity index (χ1) is 14.2. The number of piperidine rings is 1. The molecule has 1 aromatic carbocycles. The average molecular weight is 453 g/mol.